The van der Waals surface area contributed by atoms with Crippen molar-refractivity contribution in [3.8, 4) is 0 Å². The van der Waals surface area contributed by atoms with Gasteiger partial charge < -0.3 is 10.6 Å². The molecule has 0 amide bonds. The zero-order chi connectivity index (χ0) is 11.6. The maximum atomic E-state index is 5.00. The fraction of sp³-hybridized carbons (Fsp3) is 0.917. The van der Waals surface area contributed by atoms with Gasteiger partial charge in [-0.2, -0.15) is 0 Å². The van der Waals surface area contributed by atoms with Crippen LogP contribution >= 0.6 is 12.2 Å². The van der Waals surface area contributed by atoms with Gasteiger partial charge in [-0.05, 0) is 18.6 Å². The summed E-state index contributed by atoms with van der Waals surface area (Å²) in [6.45, 7) is 5.25. The maximum Gasteiger partial charge on any atom is 0.168 e. The van der Waals surface area contributed by atoms with E-state index in [-0.39, 0.29) is 0 Å². The molecule has 0 aromatic carbocycles. The van der Waals surface area contributed by atoms with E-state index in [2.05, 4.69) is 22.5 Å². The molecule has 3 nitrogen and oxygen atoms in total. The highest BCUT2D eigenvalue weighted by atomic mass is 32.1. The first-order valence-corrected chi connectivity index (χ1v) is 6.98. The minimum Gasteiger partial charge on any atom is -0.350 e. The highest BCUT2D eigenvalue weighted by Gasteiger charge is 2.10. The van der Waals surface area contributed by atoms with E-state index in [4.69, 9.17) is 12.2 Å². The van der Waals surface area contributed by atoms with Crippen molar-refractivity contribution in [3.05, 3.63) is 0 Å². The van der Waals surface area contributed by atoms with Gasteiger partial charge in [-0.25, -0.2) is 0 Å². The van der Waals surface area contributed by atoms with Crippen molar-refractivity contribution in [2.45, 2.75) is 51.9 Å². The van der Waals surface area contributed by atoms with Crippen molar-refractivity contribution in [2.75, 3.05) is 19.9 Å². The minimum atomic E-state index is 0.788. The molecule has 16 heavy (non-hydrogen) atoms. The first-order valence-electron chi connectivity index (χ1n) is 6.57. The molecule has 2 N–H and O–H groups in total. The van der Waals surface area contributed by atoms with Crippen molar-refractivity contribution in [1.82, 2.24) is 15.5 Å². The van der Waals surface area contributed by atoms with E-state index < -0.39 is 0 Å². The Labute approximate surface area is 105 Å². The molecule has 0 radical (unpaired) electrons. The van der Waals surface area contributed by atoms with Gasteiger partial charge in [-0.15, -0.1) is 0 Å². The highest BCUT2D eigenvalue weighted by Crippen LogP contribution is 2.07. The van der Waals surface area contributed by atoms with Gasteiger partial charge in [0, 0.05) is 6.54 Å². The fourth-order valence-corrected chi connectivity index (χ4v) is 2.07. The van der Waals surface area contributed by atoms with Gasteiger partial charge in [0.15, 0.2) is 5.11 Å². The number of hydrogen-bond donors (Lipinski definition) is 2. The van der Waals surface area contributed by atoms with Crippen LogP contribution in [0.15, 0.2) is 0 Å². The molecule has 0 aromatic rings. The summed E-state index contributed by atoms with van der Waals surface area (Å²) in [4.78, 5) is 2.36. The highest BCUT2D eigenvalue weighted by molar-refractivity contribution is 7.80. The Hall–Kier alpha value is -0.350. The van der Waals surface area contributed by atoms with Gasteiger partial charge in [-0.3, -0.25) is 4.90 Å². The number of rotatable bonds is 8. The van der Waals surface area contributed by atoms with Crippen LogP contribution in [0, 0.1) is 0 Å². The lowest BCUT2D eigenvalue weighted by atomic mass is 10.1. The molecule has 0 saturated carbocycles. The second-order valence-corrected chi connectivity index (χ2v) is 4.92. The van der Waals surface area contributed by atoms with Crippen LogP contribution in [0.1, 0.15) is 51.9 Å². The van der Waals surface area contributed by atoms with E-state index >= 15 is 0 Å². The van der Waals surface area contributed by atoms with Crippen LogP contribution in [0.4, 0.5) is 0 Å². The summed E-state index contributed by atoms with van der Waals surface area (Å²) in [5, 5.41) is 7.08. The smallest absolute Gasteiger partial charge is 0.168 e. The van der Waals surface area contributed by atoms with Gasteiger partial charge in [0.05, 0.1) is 13.3 Å². The third-order valence-electron chi connectivity index (χ3n) is 3.00. The van der Waals surface area contributed by atoms with Crippen LogP contribution in [0.2, 0.25) is 0 Å². The molecule has 0 atom stereocenters. The Kier molecular flexibility index (Phi) is 7.51. The number of nitrogens with zero attached hydrogens (tertiary/aromatic N) is 1. The van der Waals surface area contributed by atoms with Gasteiger partial charge in [0.25, 0.3) is 0 Å². The van der Waals surface area contributed by atoms with Crippen LogP contribution < -0.4 is 10.6 Å². The van der Waals surface area contributed by atoms with Crippen LogP contribution in [0.3, 0.4) is 0 Å². The molecule has 1 aliphatic rings. The number of nitrogens with one attached hydrogen (secondary N) is 2. The standard InChI is InChI=1S/C12H25N3S/c1-2-3-4-5-6-7-8-9-15-10-13-12(16)14-11-15/h2-11H2,1H3,(H2,13,14,16). The van der Waals surface area contributed by atoms with Crippen LogP contribution in [-0.2, 0) is 0 Å². The fourth-order valence-electron chi connectivity index (χ4n) is 1.94. The summed E-state index contributed by atoms with van der Waals surface area (Å²) in [5.41, 5.74) is 0. The van der Waals surface area contributed by atoms with Gasteiger partial charge >= 0.3 is 0 Å². The molecular weight excluding hydrogens is 218 g/mol. The summed E-state index contributed by atoms with van der Waals surface area (Å²) in [6, 6.07) is 0. The second-order valence-electron chi connectivity index (χ2n) is 4.51. The van der Waals surface area contributed by atoms with Crippen molar-refractivity contribution >= 4 is 17.3 Å². The van der Waals surface area contributed by atoms with E-state index in [1.54, 1.807) is 0 Å². The predicted octanol–water partition coefficient (Wildman–Crippen LogP) is 2.43. The lowest BCUT2D eigenvalue weighted by Crippen LogP contribution is -2.53. The number of unbranched alkanes of at least 4 members (excludes halogenated alkanes) is 6. The normalized spacial score (nSPS) is 16.9. The molecule has 1 rings (SSSR count). The van der Waals surface area contributed by atoms with Crippen molar-refractivity contribution in [2.24, 2.45) is 0 Å². The molecule has 94 valence electrons. The number of hydrogen-bond acceptors (Lipinski definition) is 2. The Morgan fingerprint density at radius 3 is 2.19 bits per heavy atom. The average Bonchev–Trinajstić information content (AvgIpc) is 2.30. The van der Waals surface area contributed by atoms with E-state index in [0.29, 0.717) is 0 Å². The zero-order valence-corrected chi connectivity index (χ0v) is 11.2. The second kappa shape index (κ2) is 8.76. The van der Waals surface area contributed by atoms with Gasteiger partial charge in [-0.1, -0.05) is 45.4 Å². The van der Waals surface area contributed by atoms with E-state index in [9.17, 15) is 0 Å². The summed E-state index contributed by atoms with van der Waals surface area (Å²) in [5.74, 6) is 0. The Morgan fingerprint density at radius 2 is 1.56 bits per heavy atom. The van der Waals surface area contributed by atoms with Crippen LogP contribution in [0.25, 0.3) is 0 Å². The monoisotopic (exact) mass is 243 g/mol. The van der Waals surface area contributed by atoms with Crippen molar-refractivity contribution in [3.63, 3.8) is 0 Å². The number of thiocarbonyl (C=S) groups is 1. The minimum absolute atomic E-state index is 0.788. The first kappa shape index (κ1) is 13.7. The molecule has 1 aliphatic heterocycles. The third-order valence-corrected chi connectivity index (χ3v) is 3.29. The summed E-state index contributed by atoms with van der Waals surface area (Å²) in [6.07, 6.45) is 9.63. The Bertz CT molecular complexity index is 187. The van der Waals surface area contributed by atoms with Gasteiger partial charge in [0.1, 0.15) is 0 Å². The molecule has 1 saturated heterocycles. The lowest BCUT2D eigenvalue weighted by molar-refractivity contribution is 0.239. The Morgan fingerprint density at radius 1 is 1.00 bits per heavy atom. The largest absolute Gasteiger partial charge is 0.350 e. The average molecular weight is 243 g/mol. The molecule has 0 unspecified atom stereocenters. The third kappa shape index (κ3) is 6.28. The molecule has 4 heteroatoms. The SMILES string of the molecule is CCCCCCCCCN1CNC(=S)NC1. The molecular formula is C12H25N3S. The Balaban J connectivity index is 1.85. The zero-order valence-electron chi connectivity index (χ0n) is 10.4. The predicted molar refractivity (Wildman–Crippen MR) is 73.3 cm³/mol. The lowest BCUT2D eigenvalue weighted by Gasteiger charge is -2.29. The van der Waals surface area contributed by atoms with Gasteiger partial charge in [0.2, 0.25) is 0 Å². The van der Waals surface area contributed by atoms with Crippen LogP contribution in [-0.4, -0.2) is 29.9 Å². The first-order chi connectivity index (χ1) is 7.83. The molecule has 0 aliphatic carbocycles. The summed E-state index contributed by atoms with van der Waals surface area (Å²) in [7, 11) is 0. The molecule has 0 spiro atoms. The van der Waals surface area contributed by atoms with E-state index in [1.165, 1.54) is 51.5 Å². The van der Waals surface area contributed by atoms with Crippen molar-refractivity contribution < 1.29 is 0 Å². The van der Waals surface area contributed by atoms with E-state index in [1.807, 2.05) is 0 Å². The van der Waals surface area contributed by atoms with Crippen molar-refractivity contribution in [1.29, 1.82) is 0 Å². The summed E-state index contributed by atoms with van der Waals surface area (Å²) < 4.78 is 0. The maximum absolute atomic E-state index is 5.00. The van der Waals surface area contributed by atoms with Crippen LogP contribution in [0.5, 0.6) is 0 Å². The summed E-state index contributed by atoms with van der Waals surface area (Å²) >= 11 is 5.00. The molecule has 0 aromatic heterocycles. The molecule has 1 fully saturated rings. The van der Waals surface area contributed by atoms with E-state index in [0.717, 1.165) is 18.4 Å². The molecule has 1 heterocycles. The molecule has 0 bridgehead atoms. The quantitative estimate of drug-likeness (QED) is 0.506. The topological polar surface area (TPSA) is 27.3 Å².